The van der Waals surface area contributed by atoms with Gasteiger partial charge in [-0.3, -0.25) is 4.98 Å². The highest BCUT2D eigenvalue weighted by atomic mass is 19.1. The molecule has 2 aromatic heterocycles. The number of nitrogens with zero attached hydrogens (tertiary/aromatic N) is 2. The highest BCUT2D eigenvalue weighted by Gasteiger charge is 2.18. The van der Waals surface area contributed by atoms with E-state index in [-0.39, 0.29) is 11.6 Å². The van der Waals surface area contributed by atoms with E-state index in [9.17, 15) is 4.39 Å². The van der Waals surface area contributed by atoms with Crippen molar-refractivity contribution in [3.05, 3.63) is 48.5 Å². The molecule has 0 aliphatic carbocycles. The molecule has 0 saturated heterocycles. The molecule has 5 nitrogen and oxygen atoms in total. The summed E-state index contributed by atoms with van der Waals surface area (Å²) in [6.45, 7) is 0. The highest BCUT2D eigenvalue weighted by Crippen LogP contribution is 2.36. The van der Waals surface area contributed by atoms with Gasteiger partial charge in [0.25, 0.3) is 0 Å². The first-order valence-corrected chi connectivity index (χ1v) is 6.20. The molecular formula is C15H12FN3O2. The van der Waals surface area contributed by atoms with E-state index in [1.807, 2.05) is 0 Å². The predicted molar refractivity (Wildman–Crippen MR) is 76.1 cm³/mol. The molecule has 0 spiro atoms. The lowest BCUT2D eigenvalue weighted by Crippen LogP contribution is -1.91. The van der Waals surface area contributed by atoms with Crippen molar-refractivity contribution in [2.75, 3.05) is 12.8 Å². The molecule has 0 aliphatic rings. The lowest BCUT2D eigenvalue weighted by atomic mass is 10.0. The van der Waals surface area contributed by atoms with Gasteiger partial charge in [0.1, 0.15) is 5.69 Å². The summed E-state index contributed by atoms with van der Waals surface area (Å²) in [4.78, 5) is 3.96. The second-order valence-electron chi connectivity index (χ2n) is 4.36. The van der Waals surface area contributed by atoms with Gasteiger partial charge in [0, 0.05) is 18.0 Å². The quantitative estimate of drug-likeness (QED) is 0.800. The first kappa shape index (κ1) is 13.1. The maximum absolute atomic E-state index is 13.9. The first-order valence-electron chi connectivity index (χ1n) is 6.20. The number of halogens is 1. The van der Waals surface area contributed by atoms with Crippen molar-refractivity contribution in [3.8, 4) is 28.1 Å². The predicted octanol–water partition coefficient (Wildman–Crippen LogP) is 3.13. The molecule has 2 heterocycles. The minimum atomic E-state index is -0.475. The van der Waals surface area contributed by atoms with Crippen LogP contribution in [-0.2, 0) is 0 Å². The van der Waals surface area contributed by atoms with E-state index in [1.165, 1.54) is 19.2 Å². The summed E-state index contributed by atoms with van der Waals surface area (Å²) >= 11 is 0. The summed E-state index contributed by atoms with van der Waals surface area (Å²) in [7, 11) is 1.41. The van der Waals surface area contributed by atoms with Crippen molar-refractivity contribution in [3.63, 3.8) is 0 Å². The number of rotatable bonds is 3. The van der Waals surface area contributed by atoms with Gasteiger partial charge in [-0.1, -0.05) is 5.16 Å². The Kier molecular flexibility index (Phi) is 3.27. The Bertz CT molecular complexity index is 772. The Morgan fingerprint density at radius 2 is 1.90 bits per heavy atom. The lowest BCUT2D eigenvalue weighted by Gasteiger charge is -2.05. The standard InChI is InChI=1S/C15H12FN3O2/c1-20-12-3-2-10(8-11(12)16)14-13(15(17)21-19-14)9-4-6-18-7-5-9/h2-8H,17H2,1H3. The van der Waals surface area contributed by atoms with Gasteiger partial charge in [-0.05, 0) is 35.9 Å². The molecule has 0 fully saturated rings. The van der Waals surface area contributed by atoms with Gasteiger partial charge >= 0.3 is 0 Å². The molecule has 0 amide bonds. The highest BCUT2D eigenvalue weighted by molar-refractivity contribution is 5.86. The molecule has 0 unspecified atom stereocenters. The zero-order valence-corrected chi connectivity index (χ0v) is 11.2. The molecule has 0 atom stereocenters. The SMILES string of the molecule is COc1ccc(-c2noc(N)c2-c2ccncc2)cc1F. The smallest absolute Gasteiger partial charge is 0.230 e. The summed E-state index contributed by atoms with van der Waals surface area (Å²) in [5.41, 5.74) is 8.28. The Morgan fingerprint density at radius 1 is 1.14 bits per heavy atom. The summed E-state index contributed by atoms with van der Waals surface area (Å²) < 4.78 is 23.8. The number of nitrogen functional groups attached to an aromatic ring is 1. The molecule has 2 N–H and O–H groups in total. The van der Waals surface area contributed by atoms with Crippen LogP contribution in [0, 0.1) is 5.82 Å². The number of benzene rings is 1. The fraction of sp³-hybridized carbons (Fsp3) is 0.0667. The largest absolute Gasteiger partial charge is 0.494 e. The third-order valence-corrected chi connectivity index (χ3v) is 3.11. The average molecular weight is 285 g/mol. The van der Waals surface area contributed by atoms with E-state index in [4.69, 9.17) is 15.0 Å². The van der Waals surface area contributed by atoms with Gasteiger partial charge in [-0.2, -0.15) is 0 Å². The Hall–Kier alpha value is -2.89. The number of nitrogens with two attached hydrogens (primary N) is 1. The van der Waals surface area contributed by atoms with Gasteiger partial charge in [-0.25, -0.2) is 4.39 Å². The van der Waals surface area contributed by atoms with Crippen LogP contribution in [0.2, 0.25) is 0 Å². The van der Waals surface area contributed by atoms with E-state index in [2.05, 4.69) is 10.1 Å². The number of hydrogen-bond acceptors (Lipinski definition) is 5. The van der Waals surface area contributed by atoms with Gasteiger partial charge in [0.05, 0.1) is 12.7 Å². The van der Waals surface area contributed by atoms with Gasteiger partial charge in [0.2, 0.25) is 5.88 Å². The molecule has 106 valence electrons. The van der Waals surface area contributed by atoms with Crippen LogP contribution < -0.4 is 10.5 Å². The van der Waals surface area contributed by atoms with Gasteiger partial charge < -0.3 is 15.0 Å². The molecule has 0 radical (unpaired) electrons. The topological polar surface area (TPSA) is 74.2 Å². The van der Waals surface area contributed by atoms with Crippen molar-refractivity contribution < 1.29 is 13.7 Å². The van der Waals surface area contributed by atoms with Crippen LogP contribution >= 0.6 is 0 Å². The second kappa shape index (κ2) is 5.24. The van der Waals surface area contributed by atoms with E-state index >= 15 is 0 Å². The fourth-order valence-corrected chi connectivity index (χ4v) is 2.11. The van der Waals surface area contributed by atoms with E-state index in [0.29, 0.717) is 16.8 Å². The van der Waals surface area contributed by atoms with Gasteiger partial charge in [-0.15, -0.1) is 0 Å². The van der Waals surface area contributed by atoms with Crippen LogP contribution in [0.15, 0.2) is 47.2 Å². The Morgan fingerprint density at radius 3 is 2.57 bits per heavy atom. The average Bonchev–Trinajstić information content (AvgIpc) is 2.90. The summed E-state index contributed by atoms with van der Waals surface area (Å²) in [6, 6.07) is 8.13. The zero-order chi connectivity index (χ0) is 14.8. The van der Waals surface area contributed by atoms with Crippen molar-refractivity contribution in [1.82, 2.24) is 10.1 Å². The van der Waals surface area contributed by atoms with Crippen molar-refractivity contribution in [1.29, 1.82) is 0 Å². The zero-order valence-electron chi connectivity index (χ0n) is 11.2. The third kappa shape index (κ3) is 2.31. The van der Waals surface area contributed by atoms with Crippen molar-refractivity contribution >= 4 is 5.88 Å². The molecule has 21 heavy (non-hydrogen) atoms. The molecule has 1 aromatic carbocycles. The second-order valence-corrected chi connectivity index (χ2v) is 4.36. The maximum atomic E-state index is 13.9. The number of ether oxygens (including phenoxy) is 1. The van der Waals surface area contributed by atoms with E-state index < -0.39 is 5.82 Å². The molecule has 3 rings (SSSR count). The Labute approximate surface area is 120 Å². The van der Waals surface area contributed by atoms with Crippen LogP contribution in [0.25, 0.3) is 22.4 Å². The molecule has 0 aliphatic heterocycles. The number of hydrogen-bond donors (Lipinski definition) is 1. The number of aromatic nitrogens is 2. The van der Waals surface area contributed by atoms with Crippen LogP contribution in [0.3, 0.4) is 0 Å². The first-order chi connectivity index (χ1) is 10.2. The molecule has 0 saturated carbocycles. The lowest BCUT2D eigenvalue weighted by molar-refractivity contribution is 0.386. The fourth-order valence-electron chi connectivity index (χ4n) is 2.11. The summed E-state index contributed by atoms with van der Waals surface area (Å²) in [5.74, 6) is -0.134. The maximum Gasteiger partial charge on any atom is 0.230 e. The van der Waals surface area contributed by atoms with Crippen molar-refractivity contribution in [2.45, 2.75) is 0 Å². The number of pyridine rings is 1. The van der Waals surface area contributed by atoms with Crippen LogP contribution in [-0.4, -0.2) is 17.3 Å². The monoisotopic (exact) mass is 285 g/mol. The summed E-state index contributed by atoms with van der Waals surface area (Å²) in [6.07, 6.45) is 3.28. The van der Waals surface area contributed by atoms with Crippen molar-refractivity contribution in [2.24, 2.45) is 0 Å². The molecular weight excluding hydrogens is 273 g/mol. The van der Waals surface area contributed by atoms with Crippen LogP contribution in [0.1, 0.15) is 0 Å². The Balaban J connectivity index is 2.14. The number of anilines is 1. The minimum absolute atomic E-state index is 0.167. The van der Waals surface area contributed by atoms with Crippen LogP contribution in [0.4, 0.5) is 10.3 Å². The van der Waals surface area contributed by atoms with E-state index in [0.717, 1.165) is 5.56 Å². The normalized spacial score (nSPS) is 10.6. The number of methoxy groups -OCH3 is 1. The molecule has 3 aromatic rings. The van der Waals surface area contributed by atoms with Gasteiger partial charge in [0.15, 0.2) is 11.6 Å². The third-order valence-electron chi connectivity index (χ3n) is 3.11. The summed E-state index contributed by atoms with van der Waals surface area (Å²) in [5, 5.41) is 3.93. The molecule has 6 heteroatoms. The van der Waals surface area contributed by atoms with E-state index in [1.54, 1.807) is 30.6 Å². The molecule has 0 bridgehead atoms. The minimum Gasteiger partial charge on any atom is -0.494 e. The van der Waals surface area contributed by atoms with Crippen LogP contribution in [0.5, 0.6) is 5.75 Å².